The number of amides is 2. The molecule has 0 fully saturated rings. The molecule has 0 spiro atoms. The van der Waals surface area contributed by atoms with Gasteiger partial charge in [0.2, 0.25) is 11.8 Å². The normalized spacial score (nSPS) is 10.8. The molecule has 0 radical (unpaired) electrons. The zero-order valence-electron chi connectivity index (χ0n) is 14.6. The van der Waals surface area contributed by atoms with E-state index < -0.39 is 0 Å². The number of hydrogen-bond acceptors (Lipinski definition) is 2. The van der Waals surface area contributed by atoms with Crippen molar-refractivity contribution in [2.75, 3.05) is 19.6 Å². The van der Waals surface area contributed by atoms with Crippen LogP contribution in [0.2, 0.25) is 0 Å². The summed E-state index contributed by atoms with van der Waals surface area (Å²) in [6, 6.07) is 8.15. The molecule has 1 aromatic carbocycles. The monoisotopic (exact) mass is 329 g/mol. The van der Waals surface area contributed by atoms with E-state index in [1.165, 1.54) is 10.9 Å². The second-order valence-electron chi connectivity index (χ2n) is 6.07. The molecule has 0 saturated heterocycles. The van der Waals surface area contributed by atoms with Gasteiger partial charge in [-0.2, -0.15) is 0 Å². The highest BCUT2D eigenvalue weighted by Crippen LogP contribution is 2.18. The summed E-state index contributed by atoms with van der Waals surface area (Å²) >= 11 is 0. The number of aromatic amines is 1. The summed E-state index contributed by atoms with van der Waals surface area (Å²) in [5.41, 5.74) is 2.31. The molecule has 2 amide bonds. The predicted octanol–water partition coefficient (Wildman–Crippen LogP) is 2.87. The second-order valence-corrected chi connectivity index (χ2v) is 6.07. The third kappa shape index (κ3) is 5.11. The lowest BCUT2D eigenvalue weighted by molar-refractivity contribution is -0.129. The number of H-pyrrole nitrogens is 1. The Labute approximate surface area is 143 Å². The number of para-hydroxylation sites is 1. The second kappa shape index (κ2) is 9.11. The molecular formula is C19H27N3O2. The van der Waals surface area contributed by atoms with Crippen molar-refractivity contribution in [2.24, 2.45) is 0 Å². The minimum Gasteiger partial charge on any atom is -0.361 e. The molecule has 130 valence electrons. The number of benzene rings is 1. The highest BCUT2D eigenvalue weighted by atomic mass is 16.2. The number of unbranched alkanes of at least 4 members (excludes halogenated alkanes) is 1. The third-order valence-electron chi connectivity index (χ3n) is 4.23. The fourth-order valence-corrected chi connectivity index (χ4v) is 2.75. The van der Waals surface area contributed by atoms with Gasteiger partial charge in [-0.1, -0.05) is 31.5 Å². The number of carbonyl (C=O) groups is 2. The van der Waals surface area contributed by atoms with Gasteiger partial charge in [0.15, 0.2) is 0 Å². The zero-order valence-corrected chi connectivity index (χ0v) is 14.6. The highest BCUT2D eigenvalue weighted by molar-refractivity contribution is 5.83. The Balaban J connectivity index is 1.85. The first-order chi connectivity index (χ1) is 11.6. The Hall–Kier alpha value is -2.30. The highest BCUT2D eigenvalue weighted by Gasteiger charge is 2.12. The Bertz CT molecular complexity index is 678. The fraction of sp³-hybridized carbons (Fsp3) is 0.474. The summed E-state index contributed by atoms with van der Waals surface area (Å²) in [5.74, 6) is 0.0259. The maximum absolute atomic E-state index is 11.8. The maximum atomic E-state index is 11.8. The molecule has 0 aliphatic rings. The van der Waals surface area contributed by atoms with Crippen LogP contribution in [-0.4, -0.2) is 41.3 Å². The van der Waals surface area contributed by atoms with Crippen LogP contribution in [0.3, 0.4) is 0 Å². The summed E-state index contributed by atoms with van der Waals surface area (Å²) < 4.78 is 0. The van der Waals surface area contributed by atoms with Gasteiger partial charge >= 0.3 is 0 Å². The minimum atomic E-state index is 0.0104. The molecule has 0 aliphatic heterocycles. The number of carbonyl (C=O) groups excluding carboxylic acids is 2. The van der Waals surface area contributed by atoms with E-state index in [0.717, 1.165) is 24.8 Å². The zero-order chi connectivity index (χ0) is 17.4. The molecule has 24 heavy (non-hydrogen) atoms. The van der Waals surface area contributed by atoms with Crippen molar-refractivity contribution >= 4 is 22.7 Å². The van der Waals surface area contributed by atoms with Crippen molar-refractivity contribution in [1.29, 1.82) is 0 Å². The van der Waals surface area contributed by atoms with Gasteiger partial charge in [-0.25, -0.2) is 0 Å². The molecule has 0 aliphatic carbocycles. The van der Waals surface area contributed by atoms with E-state index in [9.17, 15) is 9.59 Å². The lowest BCUT2D eigenvalue weighted by atomic mass is 10.1. The average Bonchev–Trinajstić information content (AvgIpc) is 2.98. The Morgan fingerprint density at radius 3 is 2.75 bits per heavy atom. The van der Waals surface area contributed by atoms with Gasteiger partial charge in [0, 0.05) is 50.1 Å². The van der Waals surface area contributed by atoms with Gasteiger partial charge in [-0.05, 0) is 24.5 Å². The van der Waals surface area contributed by atoms with Crippen molar-refractivity contribution in [3.05, 3.63) is 36.0 Å². The van der Waals surface area contributed by atoms with Crippen LogP contribution in [0.5, 0.6) is 0 Å². The summed E-state index contributed by atoms with van der Waals surface area (Å²) in [4.78, 5) is 28.6. The molecular weight excluding hydrogens is 302 g/mol. The first kappa shape index (κ1) is 18.0. The predicted molar refractivity (Wildman–Crippen MR) is 96.8 cm³/mol. The van der Waals surface area contributed by atoms with Gasteiger partial charge in [0.05, 0.1) is 0 Å². The number of hydrogen-bond donors (Lipinski definition) is 2. The lowest BCUT2D eigenvalue weighted by Gasteiger charge is -2.20. The molecule has 5 nitrogen and oxygen atoms in total. The summed E-state index contributed by atoms with van der Waals surface area (Å²) in [6.07, 6.45) is 5.19. The Kier molecular flexibility index (Phi) is 6.85. The van der Waals surface area contributed by atoms with Crippen molar-refractivity contribution in [3.8, 4) is 0 Å². The minimum absolute atomic E-state index is 0.0104. The lowest BCUT2D eigenvalue weighted by Crippen LogP contribution is -2.35. The number of rotatable bonds is 9. The van der Waals surface area contributed by atoms with Gasteiger partial charge in [-0.15, -0.1) is 0 Å². The Morgan fingerprint density at radius 2 is 2.00 bits per heavy atom. The van der Waals surface area contributed by atoms with E-state index in [0.29, 0.717) is 26.1 Å². The topological polar surface area (TPSA) is 65.2 Å². The van der Waals surface area contributed by atoms with Crippen molar-refractivity contribution in [3.63, 3.8) is 0 Å². The number of fused-ring (bicyclic) bond motifs is 1. The van der Waals surface area contributed by atoms with E-state index in [2.05, 4.69) is 23.3 Å². The molecule has 0 unspecified atom stereocenters. The molecule has 0 atom stereocenters. The van der Waals surface area contributed by atoms with Crippen molar-refractivity contribution in [1.82, 2.24) is 15.2 Å². The van der Waals surface area contributed by atoms with Crippen LogP contribution in [0.25, 0.3) is 10.9 Å². The van der Waals surface area contributed by atoms with Gasteiger partial charge in [0.25, 0.3) is 0 Å². The summed E-state index contributed by atoms with van der Waals surface area (Å²) in [7, 11) is 0. The quantitative estimate of drug-likeness (QED) is 0.695. The van der Waals surface area contributed by atoms with E-state index >= 15 is 0 Å². The SMILES string of the molecule is CCCCNC(=O)CCN(CCc1c[nH]c2ccccc12)C(C)=O. The van der Waals surface area contributed by atoms with E-state index in [4.69, 9.17) is 0 Å². The molecule has 0 bridgehead atoms. The summed E-state index contributed by atoms with van der Waals surface area (Å²) in [5, 5.41) is 4.08. The molecule has 0 saturated carbocycles. The first-order valence-corrected chi connectivity index (χ1v) is 8.69. The molecule has 2 rings (SSSR count). The van der Waals surface area contributed by atoms with Crippen LogP contribution in [0.4, 0.5) is 0 Å². The molecule has 1 aromatic heterocycles. The maximum Gasteiger partial charge on any atom is 0.221 e. The van der Waals surface area contributed by atoms with Crippen LogP contribution in [0, 0.1) is 0 Å². The van der Waals surface area contributed by atoms with Gasteiger partial charge < -0.3 is 15.2 Å². The number of nitrogens with zero attached hydrogens (tertiary/aromatic N) is 1. The van der Waals surface area contributed by atoms with E-state index in [-0.39, 0.29) is 11.8 Å². The molecule has 2 N–H and O–H groups in total. The molecule has 5 heteroatoms. The van der Waals surface area contributed by atoms with E-state index in [1.807, 2.05) is 24.4 Å². The van der Waals surface area contributed by atoms with Gasteiger partial charge in [0.1, 0.15) is 0 Å². The average molecular weight is 329 g/mol. The van der Waals surface area contributed by atoms with Crippen LogP contribution in [0.15, 0.2) is 30.5 Å². The third-order valence-corrected chi connectivity index (χ3v) is 4.23. The van der Waals surface area contributed by atoms with E-state index in [1.54, 1.807) is 11.8 Å². The van der Waals surface area contributed by atoms with Crippen molar-refractivity contribution in [2.45, 2.75) is 39.5 Å². The Morgan fingerprint density at radius 1 is 1.21 bits per heavy atom. The smallest absolute Gasteiger partial charge is 0.221 e. The van der Waals surface area contributed by atoms with Crippen LogP contribution in [-0.2, 0) is 16.0 Å². The first-order valence-electron chi connectivity index (χ1n) is 8.69. The number of nitrogens with one attached hydrogen (secondary N) is 2. The van der Waals surface area contributed by atoms with Crippen LogP contribution >= 0.6 is 0 Å². The largest absolute Gasteiger partial charge is 0.361 e. The fourth-order valence-electron chi connectivity index (χ4n) is 2.75. The van der Waals surface area contributed by atoms with Crippen molar-refractivity contribution < 1.29 is 9.59 Å². The number of aromatic nitrogens is 1. The van der Waals surface area contributed by atoms with Gasteiger partial charge in [-0.3, -0.25) is 9.59 Å². The van der Waals surface area contributed by atoms with Crippen LogP contribution < -0.4 is 5.32 Å². The molecule has 2 aromatic rings. The van der Waals surface area contributed by atoms with Crippen LogP contribution in [0.1, 0.15) is 38.7 Å². The summed E-state index contributed by atoms with van der Waals surface area (Å²) in [6.45, 7) is 5.46. The standard InChI is InChI=1S/C19H27N3O2/c1-3-4-11-20-19(24)10-13-22(15(2)23)12-9-16-14-21-18-8-6-5-7-17(16)18/h5-8,14,21H,3-4,9-13H2,1-2H3,(H,20,24). The molecule has 1 heterocycles.